The van der Waals surface area contributed by atoms with Crippen molar-refractivity contribution >= 4 is 11.8 Å². The molecule has 2 amide bonds. The van der Waals surface area contributed by atoms with Gasteiger partial charge < -0.3 is 24.8 Å². The molecule has 8 nitrogen and oxygen atoms in total. The lowest BCUT2D eigenvalue weighted by atomic mass is 9.94. The average Bonchev–Trinajstić information content (AvgIpc) is 3.34. The fraction of sp³-hybridized carbons (Fsp3) is 0.250. The molecular formula is C20H20N4O4. The molecule has 0 aliphatic carbocycles. The van der Waals surface area contributed by atoms with Crippen molar-refractivity contribution in [1.82, 2.24) is 20.6 Å². The number of ether oxygens (including phenoxy) is 1. The minimum Gasteiger partial charge on any atom is -0.497 e. The minimum absolute atomic E-state index is 0.0756. The smallest absolute Gasteiger partial charge is 0.286 e. The lowest BCUT2D eigenvalue weighted by molar-refractivity contribution is 0.0932. The Morgan fingerprint density at radius 1 is 1.32 bits per heavy atom. The Labute approximate surface area is 161 Å². The number of fused-ring (bicyclic) bond motifs is 1. The molecule has 8 heteroatoms. The Hall–Kier alpha value is -3.55. The van der Waals surface area contributed by atoms with Crippen molar-refractivity contribution in [3.05, 3.63) is 59.1 Å². The predicted molar refractivity (Wildman–Crippen MR) is 101 cm³/mol. The first-order valence-electron chi connectivity index (χ1n) is 8.92. The zero-order valence-corrected chi connectivity index (χ0v) is 15.5. The number of amides is 2. The third kappa shape index (κ3) is 3.24. The van der Waals surface area contributed by atoms with E-state index < -0.39 is 0 Å². The summed E-state index contributed by atoms with van der Waals surface area (Å²) in [5, 5.41) is 5.43. The first-order valence-corrected chi connectivity index (χ1v) is 8.92. The minimum atomic E-state index is -0.324. The van der Waals surface area contributed by atoms with Crippen LogP contribution in [0, 0.1) is 0 Å². The highest BCUT2D eigenvalue weighted by atomic mass is 16.5. The van der Waals surface area contributed by atoms with Gasteiger partial charge in [0.2, 0.25) is 0 Å². The molecule has 3 aromatic rings. The number of imidazole rings is 1. The second-order valence-corrected chi connectivity index (χ2v) is 6.54. The van der Waals surface area contributed by atoms with E-state index in [0.717, 1.165) is 17.0 Å². The number of hydrogen-bond acceptors (Lipinski definition) is 5. The molecule has 0 saturated carbocycles. The molecule has 3 N–H and O–H groups in total. The molecule has 3 heterocycles. The summed E-state index contributed by atoms with van der Waals surface area (Å²) in [5.41, 5.74) is 2.15. The number of carbonyl (C=O) groups excluding carboxylic acids is 2. The maximum absolute atomic E-state index is 12.5. The summed E-state index contributed by atoms with van der Waals surface area (Å²) in [5.74, 6) is 1.29. The molecule has 0 bridgehead atoms. The zero-order chi connectivity index (χ0) is 19.7. The number of carbonyl (C=O) groups is 2. The summed E-state index contributed by atoms with van der Waals surface area (Å²) in [6, 6.07) is 11.0. The van der Waals surface area contributed by atoms with Crippen LogP contribution in [-0.2, 0) is 6.42 Å². The maximum Gasteiger partial charge on any atom is 0.286 e. The molecule has 144 valence electrons. The van der Waals surface area contributed by atoms with Gasteiger partial charge in [-0.15, -0.1) is 0 Å². The van der Waals surface area contributed by atoms with E-state index >= 15 is 0 Å². The third-order valence-corrected chi connectivity index (χ3v) is 4.81. The van der Waals surface area contributed by atoms with Gasteiger partial charge in [0, 0.05) is 25.2 Å². The molecule has 1 aromatic carbocycles. The van der Waals surface area contributed by atoms with Crippen molar-refractivity contribution in [1.29, 1.82) is 0 Å². The van der Waals surface area contributed by atoms with Gasteiger partial charge in [-0.25, -0.2) is 4.98 Å². The lowest BCUT2D eigenvalue weighted by Gasteiger charge is -2.15. The zero-order valence-electron chi connectivity index (χ0n) is 15.5. The van der Waals surface area contributed by atoms with Crippen LogP contribution in [0.2, 0.25) is 0 Å². The van der Waals surface area contributed by atoms with Crippen LogP contribution in [0.3, 0.4) is 0 Å². The summed E-state index contributed by atoms with van der Waals surface area (Å²) < 4.78 is 10.9. The van der Waals surface area contributed by atoms with Gasteiger partial charge in [0.1, 0.15) is 11.4 Å². The fourth-order valence-corrected chi connectivity index (χ4v) is 3.32. The summed E-state index contributed by atoms with van der Waals surface area (Å²) in [6.45, 7) is 0.507. The molecule has 0 saturated heterocycles. The Balaban J connectivity index is 1.65. The highest BCUT2D eigenvalue weighted by Gasteiger charge is 2.27. The monoisotopic (exact) mass is 380 g/mol. The highest BCUT2D eigenvalue weighted by Crippen LogP contribution is 2.29. The first kappa shape index (κ1) is 17.8. The number of hydrogen-bond donors (Lipinski definition) is 3. The van der Waals surface area contributed by atoms with E-state index in [4.69, 9.17) is 9.15 Å². The second-order valence-electron chi connectivity index (χ2n) is 6.54. The van der Waals surface area contributed by atoms with Gasteiger partial charge in [0.15, 0.2) is 17.3 Å². The van der Waals surface area contributed by atoms with E-state index in [1.54, 1.807) is 19.2 Å². The van der Waals surface area contributed by atoms with E-state index in [0.29, 0.717) is 30.2 Å². The van der Waals surface area contributed by atoms with Crippen LogP contribution in [0.1, 0.15) is 38.2 Å². The molecule has 28 heavy (non-hydrogen) atoms. The van der Waals surface area contributed by atoms with E-state index in [9.17, 15) is 9.59 Å². The summed E-state index contributed by atoms with van der Waals surface area (Å²) in [4.78, 5) is 31.8. The normalized spacial score (nSPS) is 16.1. The largest absolute Gasteiger partial charge is 0.497 e. The number of aromatic amines is 1. The standard InChI is InChI=1S/C20H20N4O4/c1-21-19(25)16-7-6-15(28-16)18-23-14-9-12(10-22-20(26)17(14)24-18)11-4-3-5-13(8-11)27-2/h3-8,12H,9-10H2,1-2H3,(H,21,25)(H,22,26)(H,23,24)/t12-/m0/s1. The van der Waals surface area contributed by atoms with Crippen LogP contribution in [0.15, 0.2) is 40.8 Å². The van der Waals surface area contributed by atoms with Crippen LogP contribution in [0.5, 0.6) is 5.75 Å². The summed E-state index contributed by atoms with van der Waals surface area (Å²) in [7, 11) is 3.16. The van der Waals surface area contributed by atoms with Gasteiger partial charge in [-0.1, -0.05) is 12.1 Å². The van der Waals surface area contributed by atoms with Crippen LogP contribution in [0.25, 0.3) is 11.6 Å². The van der Waals surface area contributed by atoms with Crippen LogP contribution < -0.4 is 15.4 Å². The number of benzene rings is 1. The molecule has 0 fully saturated rings. The summed E-state index contributed by atoms with van der Waals surface area (Å²) >= 11 is 0. The van der Waals surface area contributed by atoms with Crippen molar-refractivity contribution in [2.24, 2.45) is 0 Å². The number of nitrogens with zero attached hydrogens (tertiary/aromatic N) is 1. The summed E-state index contributed by atoms with van der Waals surface area (Å²) in [6.07, 6.45) is 0.608. The molecule has 1 aliphatic rings. The van der Waals surface area contributed by atoms with Crippen molar-refractivity contribution in [2.75, 3.05) is 20.7 Å². The molecule has 4 rings (SSSR count). The van der Waals surface area contributed by atoms with Crippen LogP contribution >= 0.6 is 0 Å². The Morgan fingerprint density at radius 2 is 2.18 bits per heavy atom. The number of furan rings is 1. The van der Waals surface area contributed by atoms with Crippen molar-refractivity contribution in [3.63, 3.8) is 0 Å². The molecule has 1 atom stereocenters. The molecule has 2 aromatic heterocycles. The molecule has 0 spiro atoms. The lowest BCUT2D eigenvalue weighted by Crippen LogP contribution is -2.26. The fourth-order valence-electron chi connectivity index (χ4n) is 3.32. The van der Waals surface area contributed by atoms with Crippen molar-refractivity contribution < 1.29 is 18.7 Å². The van der Waals surface area contributed by atoms with E-state index in [2.05, 4.69) is 20.6 Å². The Kier molecular flexibility index (Phi) is 4.60. The van der Waals surface area contributed by atoms with E-state index in [-0.39, 0.29) is 23.5 Å². The number of aromatic nitrogens is 2. The predicted octanol–water partition coefficient (Wildman–Crippen LogP) is 2.11. The number of methoxy groups -OCH3 is 1. The van der Waals surface area contributed by atoms with Crippen LogP contribution in [0.4, 0.5) is 0 Å². The molecular weight excluding hydrogens is 360 g/mol. The number of nitrogens with one attached hydrogen (secondary N) is 3. The quantitative estimate of drug-likeness (QED) is 0.642. The molecule has 0 radical (unpaired) electrons. The second kappa shape index (κ2) is 7.22. The van der Waals surface area contributed by atoms with Gasteiger partial charge in [0.25, 0.3) is 11.8 Å². The van der Waals surface area contributed by atoms with Crippen molar-refractivity contribution in [3.8, 4) is 17.3 Å². The van der Waals surface area contributed by atoms with E-state index in [1.807, 2.05) is 24.3 Å². The van der Waals surface area contributed by atoms with E-state index in [1.165, 1.54) is 7.05 Å². The SMILES string of the molecule is CNC(=O)c1ccc(-c2nc3c([nH]2)C[C@H](c2cccc(OC)c2)CNC3=O)o1. The topological polar surface area (TPSA) is 109 Å². The van der Waals surface area contributed by atoms with Gasteiger partial charge in [-0.05, 0) is 36.2 Å². The first-order chi connectivity index (χ1) is 13.6. The average molecular weight is 380 g/mol. The van der Waals surface area contributed by atoms with Gasteiger partial charge in [0.05, 0.1) is 7.11 Å². The Morgan fingerprint density at radius 3 is 2.96 bits per heavy atom. The van der Waals surface area contributed by atoms with Gasteiger partial charge in [-0.3, -0.25) is 9.59 Å². The van der Waals surface area contributed by atoms with Gasteiger partial charge in [-0.2, -0.15) is 0 Å². The Bertz CT molecular complexity index is 1040. The third-order valence-electron chi connectivity index (χ3n) is 4.81. The number of H-pyrrole nitrogens is 1. The highest BCUT2D eigenvalue weighted by molar-refractivity contribution is 5.95. The van der Waals surface area contributed by atoms with Crippen LogP contribution in [-0.4, -0.2) is 42.5 Å². The van der Waals surface area contributed by atoms with Crippen molar-refractivity contribution in [2.45, 2.75) is 12.3 Å². The number of rotatable bonds is 4. The molecule has 1 aliphatic heterocycles. The maximum atomic E-state index is 12.5. The molecule has 0 unspecified atom stereocenters. The van der Waals surface area contributed by atoms with Gasteiger partial charge >= 0.3 is 0 Å².